The lowest BCUT2D eigenvalue weighted by Gasteiger charge is -2.39. The Labute approximate surface area is 190 Å². The van der Waals surface area contributed by atoms with Crippen LogP contribution in [0.25, 0.3) is 0 Å². The SMILES string of the molecule is CCOC(=O)Cc1ccccc1O[C@@H]1CC2(CCN(C(=O)O)CC2)c2ccc(Br)cc21. The lowest BCUT2D eigenvalue weighted by molar-refractivity contribution is -0.142. The third-order valence-corrected chi connectivity index (χ3v) is 6.87. The molecule has 0 aromatic heterocycles. The summed E-state index contributed by atoms with van der Waals surface area (Å²) in [4.78, 5) is 24.9. The smallest absolute Gasteiger partial charge is 0.407 e. The van der Waals surface area contributed by atoms with Gasteiger partial charge in [-0.3, -0.25) is 4.79 Å². The maximum atomic E-state index is 12.0. The van der Waals surface area contributed by atoms with Crippen LogP contribution >= 0.6 is 15.9 Å². The molecular formula is C24H26BrNO5. The minimum absolute atomic E-state index is 0.0945. The summed E-state index contributed by atoms with van der Waals surface area (Å²) in [6.07, 6.45) is 1.49. The van der Waals surface area contributed by atoms with E-state index in [1.165, 1.54) is 10.5 Å². The number of benzene rings is 2. The molecule has 1 spiro atoms. The highest BCUT2D eigenvalue weighted by atomic mass is 79.9. The summed E-state index contributed by atoms with van der Waals surface area (Å²) in [5.74, 6) is 0.414. The fraction of sp³-hybridized carbons (Fsp3) is 0.417. The van der Waals surface area contributed by atoms with Crippen molar-refractivity contribution < 1.29 is 24.2 Å². The molecule has 1 saturated heterocycles. The molecule has 7 heteroatoms. The molecule has 1 amide bonds. The number of piperidine rings is 1. The van der Waals surface area contributed by atoms with Crippen molar-refractivity contribution in [3.05, 3.63) is 63.6 Å². The fourth-order valence-corrected chi connectivity index (χ4v) is 5.23. The third-order valence-electron chi connectivity index (χ3n) is 6.38. The van der Waals surface area contributed by atoms with Crippen LogP contribution in [-0.4, -0.2) is 41.8 Å². The maximum absolute atomic E-state index is 12.0. The van der Waals surface area contributed by atoms with Crippen LogP contribution in [0, 0.1) is 0 Å². The fourth-order valence-electron chi connectivity index (χ4n) is 4.85. The molecule has 2 aromatic carbocycles. The molecular weight excluding hydrogens is 462 g/mol. The van der Waals surface area contributed by atoms with Crippen LogP contribution < -0.4 is 4.74 Å². The van der Waals surface area contributed by atoms with Crippen molar-refractivity contribution in [1.82, 2.24) is 4.90 Å². The van der Waals surface area contributed by atoms with Crippen molar-refractivity contribution in [1.29, 1.82) is 0 Å². The summed E-state index contributed by atoms with van der Waals surface area (Å²) in [6, 6.07) is 13.9. The average molecular weight is 488 g/mol. The lowest BCUT2D eigenvalue weighted by atomic mass is 9.74. The van der Waals surface area contributed by atoms with Gasteiger partial charge in [0.2, 0.25) is 0 Å². The molecule has 0 radical (unpaired) electrons. The molecule has 1 N–H and O–H groups in total. The monoisotopic (exact) mass is 487 g/mol. The molecule has 2 aromatic rings. The van der Waals surface area contributed by atoms with Crippen molar-refractivity contribution in [3.63, 3.8) is 0 Å². The summed E-state index contributed by atoms with van der Waals surface area (Å²) >= 11 is 3.58. The number of carboxylic acid groups (broad SMARTS) is 1. The zero-order chi connectivity index (χ0) is 22.0. The molecule has 0 saturated carbocycles. The Bertz CT molecular complexity index is 984. The van der Waals surface area contributed by atoms with Gasteiger partial charge in [-0.25, -0.2) is 4.79 Å². The molecule has 1 atom stereocenters. The van der Waals surface area contributed by atoms with Crippen molar-refractivity contribution in [3.8, 4) is 5.75 Å². The van der Waals surface area contributed by atoms with Crippen LogP contribution in [0.4, 0.5) is 4.79 Å². The first-order chi connectivity index (χ1) is 14.9. The van der Waals surface area contributed by atoms with Crippen LogP contribution in [0.2, 0.25) is 0 Å². The van der Waals surface area contributed by atoms with E-state index in [1.807, 2.05) is 30.3 Å². The Kier molecular flexibility index (Phi) is 6.23. The number of ether oxygens (including phenoxy) is 2. The topological polar surface area (TPSA) is 76.1 Å². The summed E-state index contributed by atoms with van der Waals surface area (Å²) in [7, 11) is 0. The second kappa shape index (κ2) is 8.91. The van der Waals surface area contributed by atoms with Gasteiger partial charge in [-0.2, -0.15) is 0 Å². The number of carbonyl (C=O) groups is 2. The Hall–Kier alpha value is -2.54. The molecule has 31 heavy (non-hydrogen) atoms. The van der Waals surface area contributed by atoms with Crippen molar-refractivity contribution in [2.24, 2.45) is 0 Å². The van der Waals surface area contributed by atoms with Crippen LogP contribution in [0.3, 0.4) is 0 Å². The first kappa shape index (κ1) is 21.7. The summed E-state index contributed by atoms with van der Waals surface area (Å²) < 4.78 is 12.6. The Balaban J connectivity index is 1.60. The molecule has 6 nitrogen and oxygen atoms in total. The van der Waals surface area contributed by atoms with Gasteiger partial charge in [-0.1, -0.05) is 40.2 Å². The highest BCUT2D eigenvalue weighted by Gasteiger charge is 2.47. The zero-order valence-electron chi connectivity index (χ0n) is 17.5. The van der Waals surface area contributed by atoms with E-state index in [2.05, 4.69) is 28.1 Å². The van der Waals surface area contributed by atoms with Gasteiger partial charge in [0.1, 0.15) is 11.9 Å². The second-order valence-corrected chi connectivity index (χ2v) is 9.10. The van der Waals surface area contributed by atoms with Gasteiger partial charge < -0.3 is 19.5 Å². The number of para-hydroxylation sites is 1. The highest BCUT2D eigenvalue weighted by molar-refractivity contribution is 9.10. The van der Waals surface area contributed by atoms with Crippen LogP contribution in [0.1, 0.15) is 49.0 Å². The van der Waals surface area contributed by atoms with Crippen molar-refractivity contribution in [2.45, 2.75) is 44.1 Å². The molecule has 164 valence electrons. The number of likely N-dealkylation sites (tertiary alicyclic amines) is 1. The predicted molar refractivity (Wildman–Crippen MR) is 119 cm³/mol. The van der Waals surface area contributed by atoms with E-state index in [1.54, 1.807) is 6.92 Å². The largest absolute Gasteiger partial charge is 0.485 e. The zero-order valence-corrected chi connectivity index (χ0v) is 19.1. The number of carbonyl (C=O) groups excluding carboxylic acids is 1. The first-order valence-electron chi connectivity index (χ1n) is 10.6. The van der Waals surface area contributed by atoms with E-state index in [9.17, 15) is 14.7 Å². The van der Waals surface area contributed by atoms with Gasteiger partial charge in [-0.05, 0) is 55.5 Å². The molecule has 1 aliphatic carbocycles. The summed E-state index contributed by atoms with van der Waals surface area (Å²) in [5, 5.41) is 9.35. The molecule has 1 aliphatic heterocycles. The van der Waals surface area contributed by atoms with E-state index in [-0.39, 0.29) is 23.9 Å². The van der Waals surface area contributed by atoms with Gasteiger partial charge in [0.25, 0.3) is 0 Å². The number of halogens is 1. The maximum Gasteiger partial charge on any atom is 0.407 e. The van der Waals surface area contributed by atoms with Crippen molar-refractivity contribution in [2.75, 3.05) is 19.7 Å². The van der Waals surface area contributed by atoms with Crippen LogP contribution in [0.5, 0.6) is 5.75 Å². The number of esters is 1. The predicted octanol–water partition coefficient (Wildman–Crippen LogP) is 5.09. The van der Waals surface area contributed by atoms with Crippen LogP contribution in [-0.2, 0) is 21.4 Å². The second-order valence-electron chi connectivity index (χ2n) is 8.18. The standard InChI is InChI=1S/C24H26BrNO5/c1-2-30-22(27)13-16-5-3-4-6-20(16)31-21-15-24(9-11-26(12-10-24)23(28)29)19-8-7-17(25)14-18(19)21/h3-8,14,21H,2,9-13,15H2,1H3,(H,28,29)/t21-/m1/s1. The average Bonchev–Trinajstić information content (AvgIpc) is 3.02. The molecule has 1 heterocycles. The number of hydrogen-bond acceptors (Lipinski definition) is 4. The summed E-state index contributed by atoms with van der Waals surface area (Å²) in [6.45, 7) is 3.19. The van der Waals surface area contributed by atoms with Gasteiger partial charge in [-0.15, -0.1) is 0 Å². The molecule has 2 aliphatic rings. The number of fused-ring (bicyclic) bond motifs is 2. The van der Waals surface area contributed by atoms with E-state index in [0.29, 0.717) is 25.4 Å². The van der Waals surface area contributed by atoms with Gasteiger partial charge >= 0.3 is 12.1 Å². The number of rotatable bonds is 5. The van der Waals surface area contributed by atoms with E-state index >= 15 is 0 Å². The number of hydrogen-bond donors (Lipinski definition) is 1. The number of nitrogens with zero attached hydrogens (tertiary/aromatic N) is 1. The third kappa shape index (κ3) is 4.42. The minimum atomic E-state index is -0.857. The van der Waals surface area contributed by atoms with Crippen LogP contribution in [0.15, 0.2) is 46.9 Å². The molecule has 0 bridgehead atoms. The molecule has 4 rings (SSSR count). The van der Waals surface area contributed by atoms with Gasteiger partial charge in [0.15, 0.2) is 0 Å². The summed E-state index contributed by atoms with van der Waals surface area (Å²) in [5.41, 5.74) is 3.08. The quantitative estimate of drug-likeness (QED) is 0.594. The molecule has 0 unspecified atom stereocenters. The van der Waals surface area contributed by atoms with Gasteiger partial charge in [0.05, 0.1) is 13.0 Å². The Morgan fingerprint density at radius 3 is 2.65 bits per heavy atom. The Morgan fingerprint density at radius 1 is 1.19 bits per heavy atom. The van der Waals surface area contributed by atoms with Crippen molar-refractivity contribution >= 4 is 28.0 Å². The first-order valence-corrected chi connectivity index (χ1v) is 11.4. The van der Waals surface area contributed by atoms with E-state index in [0.717, 1.165) is 34.9 Å². The molecule has 1 fully saturated rings. The highest BCUT2D eigenvalue weighted by Crippen LogP contribution is 2.52. The lowest BCUT2D eigenvalue weighted by Crippen LogP contribution is -2.43. The minimum Gasteiger partial charge on any atom is -0.485 e. The number of amides is 1. The van der Waals surface area contributed by atoms with Gasteiger partial charge in [0, 0.05) is 28.5 Å². The Morgan fingerprint density at radius 2 is 1.94 bits per heavy atom. The normalized spacial score (nSPS) is 19.2. The van der Waals surface area contributed by atoms with E-state index in [4.69, 9.17) is 9.47 Å². The van der Waals surface area contributed by atoms with E-state index < -0.39 is 6.09 Å².